The first kappa shape index (κ1) is 12.9. The van der Waals surface area contributed by atoms with Gasteiger partial charge in [-0.2, -0.15) is 10.4 Å². The highest BCUT2D eigenvalue weighted by Crippen LogP contribution is 2.29. The Hall–Kier alpha value is -2.12. The molecule has 3 rings (SSSR count). The van der Waals surface area contributed by atoms with Crippen LogP contribution in [0, 0.1) is 11.3 Å². The van der Waals surface area contributed by atoms with Crippen molar-refractivity contribution in [1.82, 2.24) is 15.1 Å². The quantitative estimate of drug-likeness (QED) is 0.928. The fraction of sp³-hybridized carbons (Fsp3) is 0.375. The zero-order valence-electron chi connectivity index (χ0n) is 11.6. The molecule has 1 fully saturated rings. The molecule has 4 nitrogen and oxygen atoms in total. The van der Waals surface area contributed by atoms with E-state index >= 15 is 0 Å². The number of rotatable bonds is 3. The molecule has 4 heteroatoms. The first-order valence-electron chi connectivity index (χ1n) is 7.07. The minimum atomic E-state index is 0.426. The Morgan fingerprint density at radius 2 is 2.15 bits per heavy atom. The number of hydrogen-bond acceptors (Lipinski definition) is 3. The fourth-order valence-corrected chi connectivity index (χ4v) is 2.90. The number of nitriles is 1. The van der Waals surface area contributed by atoms with E-state index in [2.05, 4.69) is 46.3 Å². The number of hydrogen-bond donors (Lipinski definition) is 1. The van der Waals surface area contributed by atoms with Gasteiger partial charge in [0.15, 0.2) is 0 Å². The molecule has 1 aromatic heterocycles. The zero-order chi connectivity index (χ0) is 13.9. The molecule has 2 aromatic rings. The van der Waals surface area contributed by atoms with Crippen molar-refractivity contribution in [3.8, 4) is 17.2 Å². The van der Waals surface area contributed by atoms with Gasteiger partial charge in [-0.3, -0.25) is 10.00 Å². The Balaban J connectivity index is 1.92. The Labute approximate surface area is 119 Å². The molecule has 102 valence electrons. The molecular formula is C16H18N4. The molecular weight excluding hydrogens is 248 g/mol. The van der Waals surface area contributed by atoms with Crippen LogP contribution >= 0.6 is 0 Å². The zero-order valence-corrected chi connectivity index (χ0v) is 11.6. The van der Waals surface area contributed by atoms with Crippen LogP contribution in [0.25, 0.3) is 11.1 Å². The van der Waals surface area contributed by atoms with E-state index in [-0.39, 0.29) is 0 Å². The molecule has 1 N–H and O–H groups in total. The maximum atomic E-state index is 9.09. The van der Waals surface area contributed by atoms with Gasteiger partial charge in [-0.05, 0) is 50.0 Å². The van der Waals surface area contributed by atoms with Crippen LogP contribution in [0.15, 0.2) is 30.5 Å². The third-order valence-corrected chi connectivity index (χ3v) is 4.12. The van der Waals surface area contributed by atoms with E-state index in [1.807, 2.05) is 6.07 Å². The second kappa shape index (κ2) is 5.48. The number of H-pyrrole nitrogens is 1. The molecule has 0 spiro atoms. The molecule has 0 amide bonds. The summed E-state index contributed by atoms with van der Waals surface area (Å²) in [5, 5.41) is 15.8. The number of likely N-dealkylation sites (tertiary alicyclic amines) is 1. The SMILES string of the molecule is CC(c1cccc(-c2cn[nH]c2C#N)c1)N1CCCC1. The maximum absolute atomic E-state index is 9.09. The lowest BCUT2D eigenvalue weighted by molar-refractivity contribution is 0.263. The van der Waals surface area contributed by atoms with Crippen LogP contribution in [-0.4, -0.2) is 28.2 Å². The third kappa shape index (κ3) is 2.33. The molecule has 0 radical (unpaired) electrons. The highest BCUT2D eigenvalue weighted by Gasteiger charge is 2.19. The summed E-state index contributed by atoms with van der Waals surface area (Å²) >= 11 is 0. The average molecular weight is 266 g/mol. The fourth-order valence-electron chi connectivity index (χ4n) is 2.90. The summed E-state index contributed by atoms with van der Waals surface area (Å²) in [4.78, 5) is 2.51. The third-order valence-electron chi connectivity index (χ3n) is 4.12. The summed E-state index contributed by atoms with van der Waals surface area (Å²) in [5.74, 6) is 0. The molecule has 1 aliphatic rings. The molecule has 0 aliphatic carbocycles. The van der Waals surface area contributed by atoms with Crippen LogP contribution in [0.5, 0.6) is 0 Å². The van der Waals surface area contributed by atoms with E-state index in [0.29, 0.717) is 11.7 Å². The minimum Gasteiger partial charge on any atom is -0.297 e. The van der Waals surface area contributed by atoms with E-state index in [1.165, 1.54) is 31.5 Å². The molecule has 1 saturated heterocycles. The molecule has 20 heavy (non-hydrogen) atoms. The predicted octanol–water partition coefficient (Wildman–Crippen LogP) is 3.11. The number of nitrogens with zero attached hydrogens (tertiary/aromatic N) is 3. The monoisotopic (exact) mass is 266 g/mol. The Morgan fingerprint density at radius 3 is 2.90 bits per heavy atom. The van der Waals surface area contributed by atoms with Crippen LogP contribution < -0.4 is 0 Å². The van der Waals surface area contributed by atoms with E-state index in [0.717, 1.165) is 11.1 Å². The van der Waals surface area contributed by atoms with Crippen molar-refractivity contribution in [2.75, 3.05) is 13.1 Å². The van der Waals surface area contributed by atoms with Gasteiger partial charge in [0.2, 0.25) is 0 Å². The van der Waals surface area contributed by atoms with E-state index in [9.17, 15) is 0 Å². The van der Waals surface area contributed by atoms with Gasteiger partial charge in [0.1, 0.15) is 11.8 Å². The summed E-state index contributed by atoms with van der Waals surface area (Å²) in [6, 6.07) is 11.0. The topological polar surface area (TPSA) is 55.7 Å². The summed E-state index contributed by atoms with van der Waals surface area (Å²) in [7, 11) is 0. The van der Waals surface area contributed by atoms with Crippen molar-refractivity contribution in [3.05, 3.63) is 41.7 Å². The van der Waals surface area contributed by atoms with Crippen LogP contribution in [0.3, 0.4) is 0 Å². The van der Waals surface area contributed by atoms with Gasteiger partial charge in [-0.1, -0.05) is 18.2 Å². The Kier molecular flexibility index (Phi) is 3.53. The first-order valence-corrected chi connectivity index (χ1v) is 7.07. The lowest BCUT2D eigenvalue weighted by Crippen LogP contribution is -2.23. The molecule has 1 atom stereocenters. The summed E-state index contributed by atoms with van der Waals surface area (Å²) < 4.78 is 0. The van der Waals surface area contributed by atoms with Gasteiger partial charge in [0.25, 0.3) is 0 Å². The summed E-state index contributed by atoms with van der Waals surface area (Å²) in [6.45, 7) is 4.62. The van der Waals surface area contributed by atoms with Crippen molar-refractivity contribution >= 4 is 0 Å². The molecule has 1 aliphatic heterocycles. The van der Waals surface area contributed by atoms with Gasteiger partial charge in [-0.15, -0.1) is 0 Å². The molecule has 2 heterocycles. The van der Waals surface area contributed by atoms with E-state index in [4.69, 9.17) is 5.26 Å². The lowest BCUT2D eigenvalue weighted by atomic mass is 10.00. The van der Waals surface area contributed by atoms with E-state index < -0.39 is 0 Å². The smallest absolute Gasteiger partial charge is 0.143 e. The largest absolute Gasteiger partial charge is 0.297 e. The number of aromatic nitrogens is 2. The predicted molar refractivity (Wildman–Crippen MR) is 78.0 cm³/mol. The van der Waals surface area contributed by atoms with Crippen LogP contribution in [-0.2, 0) is 0 Å². The van der Waals surface area contributed by atoms with Crippen molar-refractivity contribution < 1.29 is 0 Å². The maximum Gasteiger partial charge on any atom is 0.143 e. The Morgan fingerprint density at radius 1 is 1.35 bits per heavy atom. The van der Waals surface area contributed by atoms with Gasteiger partial charge >= 0.3 is 0 Å². The van der Waals surface area contributed by atoms with Crippen LogP contribution in [0.4, 0.5) is 0 Å². The highest BCUT2D eigenvalue weighted by molar-refractivity contribution is 5.68. The molecule has 0 bridgehead atoms. The van der Waals surface area contributed by atoms with Crippen LogP contribution in [0.1, 0.15) is 37.1 Å². The van der Waals surface area contributed by atoms with E-state index in [1.54, 1.807) is 6.20 Å². The average Bonchev–Trinajstić information content (AvgIpc) is 3.17. The Bertz CT molecular complexity index is 632. The lowest BCUT2D eigenvalue weighted by Gasteiger charge is -2.24. The van der Waals surface area contributed by atoms with Crippen molar-refractivity contribution in [2.24, 2.45) is 0 Å². The van der Waals surface area contributed by atoms with Crippen molar-refractivity contribution in [3.63, 3.8) is 0 Å². The molecule has 0 saturated carbocycles. The number of benzene rings is 1. The van der Waals surface area contributed by atoms with Crippen molar-refractivity contribution in [1.29, 1.82) is 5.26 Å². The number of aromatic amines is 1. The highest BCUT2D eigenvalue weighted by atomic mass is 15.2. The number of nitrogens with one attached hydrogen (secondary N) is 1. The minimum absolute atomic E-state index is 0.426. The second-order valence-electron chi connectivity index (χ2n) is 5.31. The molecule has 1 aromatic carbocycles. The van der Waals surface area contributed by atoms with Crippen LogP contribution in [0.2, 0.25) is 0 Å². The van der Waals surface area contributed by atoms with Gasteiger partial charge in [-0.25, -0.2) is 0 Å². The summed E-state index contributed by atoms with van der Waals surface area (Å²) in [6.07, 6.45) is 4.31. The standard InChI is InChI=1S/C16H18N4/c1-12(20-7-2-3-8-20)13-5-4-6-14(9-13)15-11-18-19-16(15)10-17/h4-6,9,11-12H,2-3,7-8H2,1H3,(H,18,19). The molecule has 1 unspecified atom stereocenters. The summed E-state index contributed by atoms with van der Waals surface area (Å²) in [5.41, 5.74) is 3.76. The van der Waals surface area contributed by atoms with Gasteiger partial charge in [0.05, 0.1) is 6.20 Å². The van der Waals surface area contributed by atoms with Gasteiger partial charge < -0.3 is 0 Å². The normalized spacial score (nSPS) is 17.0. The van der Waals surface area contributed by atoms with Crippen molar-refractivity contribution in [2.45, 2.75) is 25.8 Å². The van der Waals surface area contributed by atoms with Gasteiger partial charge in [0, 0.05) is 11.6 Å². The first-order chi connectivity index (χ1) is 9.79. The second-order valence-corrected chi connectivity index (χ2v) is 5.31.